The zero-order valence-electron chi connectivity index (χ0n) is 8.33. The van der Waals surface area contributed by atoms with Gasteiger partial charge in [-0.3, -0.25) is 0 Å². The van der Waals surface area contributed by atoms with Crippen molar-refractivity contribution in [1.82, 2.24) is 0 Å². The number of nitrogens with one attached hydrogen (secondary N) is 1. The fourth-order valence-corrected chi connectivity index (χ4v) is 1.41. The molecule has 0 aliphatic heterocycles. The summed E-state index contributed by atoms with van der Waals surface area (Å²) in [7, 11) is 0. The fourth-order valence-electron chi connectivity index (χ4n) is 1.41. The SMILES string of the molecule is Cc1ccc(NC[C]2[CH][CH][CH][CH]2)cc1. The Kier molecular flexibility index (Phi) is 3.07. The van der Waals surface area contributed by atoms with Gasteiger partial charge in [0.05, 0.1) is 0 Å². The number of hydrogen-bond donors (Lipinski definition) is 1. The average Bonchev–Trinajstić information content (AvgIpc) is 2.70. The van der Waals surface area contributed by atoms with Crippen LogP contribution in [0.25, 0.3) is 0 Å². The maximum Gasteiger partial charge on any atom is 0.0340 e. The quantitative estimate of drug-likeness (QED) is 0.761. The third-order valence-corrected chi connectivity index (χ3v) is 2.28. The minimum absolute atomic E-state index is 0.899. The van der Waals surface area contributed by atoms with E-state index in [0.29, 0.717) is 0 Å². The van der Waals surface area contributed by atoms with Crippen LogP contribution in [-0.2, 0) is 0 Å². The van der Waals surface area contributed by atoms with Gasteiger partial charge in [0.2, 0.25) is 0 Å². The average molecular weight is 184 g/mol. The minimum Gasteiger partial charge on any atom is -0.384 e. The number of aryl methyl sites for hydroxylation is 1. The maximum atomic E-state index is 3.37. The van der Waals surface area contributed by atoms with Crippen molar-refractivity contribution in [3.63, 3.8) is 0 Å². The van der Waals surface area contributed by atoms with Crippen LogP contribution in [0.15, 0.2) is 24.3 Å². The molecule has 1 nitrogen and oxygen atoms in total. The second-order valence-corrected chi connectivity index (χ2v) is 3.51. The van der Waals surface area contributed by atoms with Crippen molar-refractivity contribution in [3.8, 4) is 0 Å². The highest BCUT2D eigenvalue weighted by Crippen LogP contribution is 2.23. The molecule has 0 unspecified atom stereocenters. The van der Waals surface area contributed by atoms with Crippen LogP contribution in [-0.4, -0.2) is 6.54 Å². The van der Waals surface area contributed by atoms with Gasteiger partial charge in [0, 0.05) is 18.2 Å². The molecule has 0 spiro atoms. The zero-order valence-corrected chi connectivity index (χ0v) is 8.33. The lowest BCUT2D eigenvalue weighted by atomic mass is 10.1. The summed E-state index contributed by atoms with van der Waals surface area (Å²) in [5.41, 5.74) is 2.47. The monoisotopic (exact) mass is 184 g/mol. The zero-order chi connectivity index (χ0) is 9.80. The van der Waals surface area contributed by atoms with Gasteiger partial charge in [-0.2, -0.15) is 0 Å². The molecule has 14 heavy (non-hydrogen) atoms. The molecule has 1 aromatic rings. The molecule has 1 aliphatic rings. The van der Waals surface area contributed by atoms with Gasteiger partial charge in [-0.05, 0) is 44.7 Å². The van der Waals surface area contributed by atoms with E-state index in [0.717, 1.165) is 6.54 Å². The third-order valence-electron chi connectivity index (χ3n) is 2.28. The number of benzene rings is 1. The molecule has 1 saturated carbocycles. The van der Waals surface area contributed by atoms with Crippen LogP contribution < -0.4 is 5.32 Å². The summed E-state index contributed by atoms with van der Waals surface area (Å²) in [5, 5.41) is 3.37. The second-order valence-electron chi connectivity index (χ2n) is 3.51. The van der Waals surface area contributed by atoms with E-state index in [1.165, 1.54) is 17.2 Å². The van der Waals surface area contributed by atoms with E-state index in [2.05, 4.69) is 62.2 Å². The first kappa shape index (κ1) is 9.57. The lowest BCUT2D eigenvalue weighted by Crippen LogP contribution is -2.09. The van der Waals surface area contributed by atoms with Crippen LogP contribution >= 0.6 is 0 Å². The highest BCUT2D eigenvalue weighted by Gasteiger charge is 2.15. The molecule has 0 amide bonds. The summed E-state index contributed by atoms with van der Waals surface area (Å²) in [6.45, 7) is 3.00. The van der Waals surface area contributed by atoms with Crippen LogP contribution in [0.5, 0.6) is 0 Å². The molecule has 1 heteroatoms. The van der Waals surface area contributed by atoms with Gasteiger partial charge in [0.25, 0.3) is 0 Å². The van der Waals surface area contributed by atoms with E-state index in [4.69, 9.17) is 0 Å². The highest BCUT2D eigenvalue weighted by atomic mass is 14.9. The van der Waals surface area contributed by atoms with Crippen molar-refractivity contribution in [1.29, 1.82) is 0 Å². The van der Waals surface area contributed by atoms with Crippen LogP contribution in [0, 0.1) is 38.5 Å². The van der Waals surface area contributed by atoms with Crippen LogP contribution in [0.1, 0.15) is 5.56 Å². The normalized spacial score (nSPS) is 17.2. The van der Waals surface area contributed by atoms with Gasteiger partial charge in [-0.15, -0.1) is 0 Å². The van der Waals surface area contributed by atoms with Gasteiger partial charge in [-0.25, -0.2) is 0 Å². The lowest BCUT2D eigenvalue weighted by molar-refractivity contribution is 1.10. The maximum absolute atomic E-state index is 3.37. The summed E-state index contributed by atoms with van der Waals surface area (Å²) in [5.74, 6) is 1.32. The van der Waals surface area contributed by atoms with Crippen molar-refractivity contribution >= 4 is 5.69 Å². The Morgan fingerprint density at radius 2 is 1.64 bits per heavy atom. The molecule has 71 valence electrons. The van der Waals surface area contributed by atoms with Gasteiger partial charge in [0.15, 0.2) is 0 Å². The van der Waals surface area contributed by atoms with Gasteiger partial charge >= 0.3 is 0 Å². The predicted molar refractivity (Wildman–Crippen MR) is 60.1 cm³/mol. The fraction of sp³-hybridized carbons (Fsp3) is 0.154. The van der Waals surface area contributed by atoms with Gasteiger partial charge in [0.1, 0.15) is 0 Å². The molecule has 1 aliphatic carbocycles. The Bertz CT molecular complexity index is 270. The van der Waals surface area contributed by atoms with Crippen LogP contribution in [0.2, 0.25) is 0 Å². The van der Waals surface area contributed by atoms with E-state index >= 15 is 0 Å². The Balaban J connectivity index is 1.82. The first-order chi connectivity index (χ1) is 6.84. The largest absolute Gasteiger partial charge is 0.384 e. The predicted octanol–water partition coefficient (Wildman–Crippen LogP) is 2.81. The Morgan fingerprint density at radius 1 is 1.00 bits per heavy atom. The summed E-state index contributed by atoms with van der Waals surface area (Å²) < 4.78 is 0. The molecule has 1 N–H and O–H groups in total. The first-order valence-corrected chi connectivity index (χ1v) is 4.86. The molecule has 2 rings (SSSR count). The number of rotatable bonds is 3. The molecule has 1 fully saturated rings. The third kappa shape index (κ3) is 2.50. The number of hydrogen-bond acceptors (Lipinski definition) is 1. The van der Waals surface area contributed by atoms with E-state index in [1.54, 1.807) is 0 Å². The second kappa shape index (κ2) is 4.50. The lowest BCUT2D eigenvalue weighted by Gasteiger charge is -2.10. The van der Waals surface area contributed by atoms with E-state index in [1.807, 2.05) is 0 Å². The molecule has 1 aromatic carbocycles. The first-order valence-electron chi connectivity index (χ1n) is 4.86. The molecule has 0 heterocycles. The Hall–Kier alpha value is -0.980. The van der Waals surface area contributed by atoms with Crippen molar-refractivity contribution in [2.75, 3.05) is 11.9 Å². The summed E-state index contributed by atoms with van der Waals surface area (Å²) in [6.07, 6.45) is 8.38. The van der Waals surface area contributed by atoms with Crippen LogP contribution in [0.4, 0.5) is 5.69 Å². The summed E-state index contributed by atoms with van der Waals surface area (Å²) in [4.78, 5) is 0. The molecular weight excluding hydrogens is 170 g/mol. The summed E-state index contributed by atoms with van der Waals surface area (Å²) >= 11 is 0. The van der Waals surface area contributed by atoms with E-state index in [-0.39, 0.29) is 0 Å². The van der Waals surface area contributed by atoms with Crippen molar-refractivity contribution in [2.24, 2.45) is 0 Å². The van der Waals surface area contributed by atoms with E-state index in [9.17, 15) is 0 Å². The highest BCUT2D eigenvalue weighted by molar-refractivity contribution is 5.47. The molecule has 0 atom stereocenters. The molecular formula is C13H14N. The summed E-state index contributed by atoms with van der Waals surface area (Å²) in [6, 6.07) is 8.46. The topological polar surface area (TPSA) is 12.0 Å². The van der Waals surface area contributed by atoms with Gasteiger partial charge < -0.3 is 5.32 Å². The Morgan fingerprint density at radius 3 is 2.29 bits per heavy atom. The van der Waals surface area contributed by atoms with Crippen molar-refractivity contribution in [2.45, 2.75) is 6.92 Å². The minimum atomic E-state index is 0.899. The molecule has 0 bridgehead atoms. The molecule has 5 radical (unpaired) electrons. The Labute approximate surface area is 86.5 Å². The molecule has 0 aromatic heterocycles. The van der Waals surface area contributed by atoms with E-state index < -0.39 is 0 Å². The van der Waals surface area contributed by atoms with Crippen molar-refractivity contribution < 1.29 is 0 Å². The van der Waals surface area contributed by atoms with Gasteiger partial charge in [-0.1, -0.05) is 17.7 Å². The van der Waals surface area contributed by atoms with Crippen LogP contribution in [0.3, 0.4) is 0 Å². The smallest absolute Gasteiger partial charge is 0.0340 e. The number of anilines is 1. The van der Waals surface area contributed by atoms with Crippen molar-refractivity contribution in [3.05, 3.63) is 61.4 Å². The molecule has 0 saturated heterocycles. The standard InChI is InChI=1S/C13H14N/c1-11-6-8-13(9-7-11)14-10-12-4-2-3-5-12/h2-9,14H,10H2,1H3.